The largest absolute Gasteiger partial charge is 0.496 e. The summed E-state index contributed by atoms with van der Waals surface area (Å²) in [4.78, 5) is 20.5. The molecule has 3 N–H and O–H groups in total. The molecule has 0 radical (unpaired) electrons. The van der Waals surface area contributed by atoms with Crippen LogP contribution in [0.3, 0.4) is 0 Å². The minimum absolute atomic E-state index is 0.0793. The number of rotatable bonds is 7. The van der Waals surface area contributed by atoms with Crippen LogP contribution in [0.4, 0.5) is 0 Å². The molecule has 4 rings (SSSR count). The second-order valence-corrected chi connectivity index (χ2v) is 9.62. The van der Waals surface area contributed by atoms with Crippen molar-refractivity contribution in [1.29, 1.82) is 0 Å². The Labute approximate surface area is 185 Å². The lowest BCUT2D eigenvalue weighted by Crippen LogP contribution is -2.27. The molecular formula is C21H27N5O5S. The highest BCUT2D eigenvalue weighted by atomic mass is 32.2. The molecule has 0 atom stereocenters. The first kappa shape index (κ1) is 22.4. The van der Waals surface area contributed by atoms with Crippen molar-refractivity contribution in [3.8, 4) is 17.1 Å². The molecule has 10 nitrogen and oxygen atoms in total. The van der Waals surface area contributed by atoms with E-state index in [9.17, 15) is 13.2 Å². The molecule has 2 aromatic heterocycles. The standard InChI is InChI=1S/C21H27N5O5S/c1-13-18-19(26(25-13)14-7-4-3-5-8-14)21(28)24-20(23-18)17-15(31-2)9-6-10-16(17)32(29,30)22-11-12-27/h6,9-10,14,22,27H,3-5,7-8,11-12H2,1-2H3,(H,23,24,28). The van der Waals surface area contributed by atoms with Gasteiger partial charge in [0.2, 0.25) is 10.0 Å². The number of sulfonamides is 1. The molecule has 0 aliphatic heterocycles. The summed E-state index contributed by atoms with van der Waals surface area (Å²) in [6.07, 6.45) is 5.30. The van der Waals surface area contributed by atoms with E-state index < -0.39 is 10.0 Å². The van der Waals surface area contributed by atoms with Crippen LogP contribution in [-0.2, 0) is 10.0 Å². The number of ether oxygens (including phenoxy) is 1. The fourth-order valence-electron chi connectivity index (χ4n) is 4.30. The molecule has 1 saturated carbocycles. The van der Waals surface area contributed by atoms with Crippen LogP contribution in [0.5, 0.6) is 5.75 Å². The minimum Gasteiger partial charge on any atom is -0.496 e. The second kappa shape index (κ2) is 9.00. The topological polar surface area (TPSA) is 139 Å². The van der Waals surface area contributed by atoms with E-state index in [-0.39, 0.29) is 46.8 Å². The Kier molecular flexibility index (Phi) is 6.31. The van der Waals surface area contributed by atoms with Crippen LogP contribution < -0.4 is 15.0 Å². The Morgan fingerprint density at radius 3 is 2.72 bits per heavy atom. The summed E-state index contributed by atoms with van der Waals surface area (Å²) in [6.45, 7) is 1.30. The molecular weight excluding hydrogens is 434 g/mol. The number of aromatic amines is 1. The van der Waals surface area contributed by atoms with Gasteiger partial charge in [0.05, 0.1) is 35.9 Å². The number of H-pyrrole nitrogens is 1. The lowest BCUT2D eigenvalue weighted by atomic mass is 9.95. The molecule has 32 heavy (non-hydrogen) atoms. The first-order valence-corrected chi connectivity index (χ1v) is 12.1. The van der Waals surface area contributed by atoms with Crippen molar-refractivity contribution in [2.45, 2.75) is 50.0 Å². The summed E-state index contributed by atoms with van der Waals surface area (Å²) in [6, 6.07) is 4.69. The van der Waals surface area contributed by atoms with Crippen molar-refractivity contribution in [3.05, 3.63) is 34.2 Å². The van der Waals surface area contributed by atoms with Crippen molar-refractivity contribution in [3.63, 3.8) is 0 Å². The van der Waals surface area contributed by atoms with Crippen molar-refractivity contribution in [2.24, 2.45) is 0 Å². The van der Waals surface area contributed by atoms with E-state index in [0.717, 1.165) is 25.7 Å². The molecule has 1 aliphatic carbocycles. The van der Waals surface area contributed by atoms with Crippen LogP contribution in [0.2, 0.25) is 0 Å². The molecule has 1 fully saturated rings. The van der Waals surface area contributed by atoms with Crippen LogP contribution in [0.1, 0.15) is 43.8 Å². The van der Waals surface area contributed by atoms with Gasteiger partial charge in [-0.3, -0.25) is 9.48 Å². The Morgan fingerprint density at radius 2 is 2.03 bits per heavy atom. The predicted octanol–water partition coefficient (Wildman–Crippen LogP) is 1.88. The van der Waals surface area contributed by atoms with Crippen LogP contribution in [0.15, 0.2) is 27.9 Å². The third-order valence-corrected chi connectivity index (χ3v) is 7.29. The number of aliphatic hydroxyl groups is 1. The number of methoxy groups -OCH3 is 1. The summed E-state index contributed by atoms with van der Waals surface area (Å²) in [5.41, 5.74) is 1.20. The number of fused-ring (bicyclic) bond motifs is 1. The van der Waals surface area contributed by atoms with Crippen LogP contribution in [0, 0.1) is 6.92 Å². The van der Waals surface area contributed by atoms with Gasteiger partial charge < -0.3 is 14.8 Å². The van der Waals surface area contributed by atoms with Gasteiger partial charge in [-0.05, 0) is 31.9 Å². The van der Waals surface area contributed by atoms with Gasteiger partial charge >= 0.3 is 0 Å². The fraction of sp³-hybridized carbons (Fsp3) is 0.476. The monoisotopic (exact) mass is 461 g/mol. The van der Waals surface area contributed by atoms with E-state index in [1.165, 1.54) is 19.6 Å². The maximum Gasteiger partial charge on any atom is 0.277 e. The molecule has 0 unspecified atom stereocenters. The van der Waals surface area contributed by atoms with Crippen LogP contribution in [0.25, 0.3) is 22.4 Å². The molecule has 172 valence electrons. The van der Waals surface area contributed by atoms with Crippen molar-refractivity contribution in [1.82, 2.24) is 24.5 Å². The van der Waals surface area contributed by atoms with Gasteiger partial charge in [-0.15, -0.1) is 0 Å². The van der Waals surface area contributed by atoms with Crippen LogP contribution >= 0.6 is 0 Å². The molecule has 1 aromatic carbocycles. The van der Waals surface area contributed by atoms with Gasteiger partial charge in [-0.1, -0.05) is 25.3 Å². The van der Waals surface area contributed by atoms with Gasteiger partial charge in [0.25, 0.3) is 5.56 Å². The van der Waals surface area contributed by atoms with Crippen molar-refractivity contribution < 1.29 is 18.3 Å². The summed E-state index contributed by atoms with van der Waals surface area (Å²) in [5, 5.41) is 13.6. The third-order valence-electron chi connectivity index (χ3n) is 5.78. The molecule has 0 amide bonds. The summed E-state index contributed by atoms with van der Waals surface area (Å²) in [7, 11) is -2.58. The molecule has 2 heterocycles. The summed E-state index contributed by atoms with van der Waals surface area (Å²) in [5.74, 6) is 0.326. The molecule has 0 bridgehead atoms. The molecule has 0 saturated heterocycles. The average Bonchev–Trinajstić information content (AvgIpc) is 3.14. The Bertz CT molecular complexity index is 1290. The maximum atomic E-state index is 13.2. The van der Waals surface area contributed by atoms with E-state index in [0.29, 0.717) is 16.7 Å². The first-order chi connectivity index (χ1) is 15.4. The zero-order valence-corrected chi connectivity index (χ0v) is 18.9. The van der Waals surface area contributed by atoms with Crippen molar-refractivity contribution in [2.75, 3.05) is 20.3 Å². The number of hydrogen-bond donors (Lipinski definition) is 3. The molecule has 11 heteroatoms. The molecule has 1 aliphatic rings. The average molecular weight is 462 g/mol. The number of nitrogens with zero attached hydrogens (tertiary/aromatic N) is 3. The Hall–Kier alpha value is -2.76. The lowest BCUT2D eigenvalue weighted by Gasteiger charge is -2.22. The molecule has 0 spiro atoms. The quantitative estimate of drug-likeness (QED) is 0.488. The van der Waals surface area contributed by atoms with Crippen LogP contribution in [-0.4, -0.2) is 53.5 Å². The number of nitrogens with one attached hydrogen (secondary N) is 2. The number of hydrogen-bond acceptors (Lipinski definition) is 7. The van der Waals surface area contributed by atoms with E-state index in [1.807, 2.05) is 0 Å². The summed E-state index contributed by atoms with van der Waals surface area (Å²) >= 11 is 0. The van der Waals surface area contributed by atoms with Gasteiger partial charge in [0.1, 0.15) is 17.1 Å². The summed E-state index contributed by atoms with van der Waals surface area (Å²) < 4.78 is 35.2. The maximum absolute atomic E-state index is 13.2. The first-order valence-electron chi connectivity index (χ1n) is 10.6. The Balaban J connectivity index is 1.91. The Morgan fingerprint density at radius 1 is 1.28 bits per heavy atom. The lowest BCUT2D eigenvalue weighted by molar-refractivity contribution is 0.301. The third kappa shape index (κ3) is 4.03. The zero-order chi connectivity index (χ0) is 22.9. The highest BCUT2D eigenvalue weighted by Gasteiger charge is 2.27. The van der Waals surface area contributed by atoms with E-state index in [1.54, 1.807) is 23.7 Å². The van der Waals surface area contributed by atoms with Gasteiger partial charge in [-0.25, -0.2) is 18.1 Å². The van der Waals surface area contributed by atoms with E-state index >= 15 is 0 Å². The zero-order valence-electron chi connectivity index (χ0n) is 18.1. The van der Waals surface area contributed by atoms with Gasteiger partial charge in [0.15, 0.2) is 5.52 Å². The number of aliphatic hydroxyl groups excluding tert-OH is 1. The predicted molar refractivity (Wildman–Crippen MR) is 119 cm³/mol. The van der Waals surface area contributed by atoms with E-state index in [2.05, 4.69) is 19.8 Å². The second-order valence-electron chi connectivity index (χ2n) is 7.89. The number of benzene rings is 1. The molecule has 3 aromatic rings. The van der Waals surface area contributed by atoms with E-state index in [4.69, 9.17) is 9.84 Å². The highest BCUT2D eigenvalue weighted by molar-refractivity contribution is 7.89. The number of aromatic nitrogens is 4. The minimum atomic E-state index is -3.99. The normalized spacial score (nSPS) is 15.3. The van der Waals surface area contributed by atoms with Crippen molar-refractivity contribution >= 4 is 21.1 Å². The smallest absolute Gasteiger partial charge is 0.277 e. The highest BCUT2D eigenvalue weighted by Crippen LogP contribution is 2.35. The van der Waals surface area contributed by atoms with Gasteiger partial charge in [-0.2, -0.15) is 5.10 Å². The SMILES string of the molecule is COc1cccc(S(=O)(=O)NCCO)c1-c1nc2c(C)nn(C3CCCCC3)c2c(=O)[nH]1. The fourth-order valence-corrected chi connectivity index (χ4v) is 5.53. The number of aryl methyl sites for hydroxylation is 1. The van der Waals surface area contributed by atoms with Gasteiger partial charge in [0, 0.05) is 6.54 Å².